The molecule has 2 N–H and O–H groups in total. The monoisotopic (exact) mass is 391 g/mol. The van der Waals surface area contributed by atoms with E-state index in [2.05, 4.69) is 17.6 Å². The number of amides is 2. The number of nitrogens with one attached hydrogen (secondary N) is 2. The van der Waals surface area contributed by atoms with Gasteiger partial charge in [0.25, 0.3) is 0 Å². The van der Waals surface area contributed by atoms with E-state index in [0.29, 0.717) is 29.5 Å². The predicted molar refractivity (Wildman–Crippen MR) is 105 cm³/mol. The SMILES string of the molecule is COc1cc(N2CC(C(=O)NC3CCCNC3C)CC2=O)cc(OC)c1OC. The lowest BCUT2D eigenvalue weighted by atomic mass is 9.98. The maximum Gasteiger partial charge on any atom is 0.227 e. The van der Waals surface area contributed by atoms with E-state index in [4.69, 9.17) is 14.2 Å². The van der Waals surface area contributed by atoms with Crippen LogP contribution in [0.2, 0.25) is 0 Å². The van der Waals surface area contributed by atoms with E-state index in [0.717, 1.165) is 19.4 Å². The lowest BCUT2D eigenvalue weighted by molar-refractivity contribution is -0.127. The molecule has 3 atom stereocenters. The minimum atomic E-state index is -0.374. The summed E-state index contributed by atoms with van der Waals surface area (Å²) in [5, 5.41) is 6.49. The molecule has 0 aromatic heterocycles. The number of methoxy groups -OCH3 is 3. The Morgan fingerprint density at radius 3 is 2.43 bits per heavy atom. The molecule has 3 unspecified atom stereocenters. The Hall–Kier alpha value is -2.48. The minimum Gasteiger partial charge on any atom is -0.493 e. The molecule has 2 aliphatic heterocycles. The number of ether oxygens (including phenoxy) is 3. The van der Waals surface area contributed by atoms with Crippen molar-refractivity contribution in [3.8, 4) is 17.2 Å². The highest BCUT2D eigenvalue weighted by Crippen LogP contribution is 2.42. The van der Waals surface area contributed by atoms with Crippen LogP contribution < -0.4 is 29.7 Å². The second kappa shape index (κ2) is 8.68. The van der Waals surface area contributed by atoms with Gasteiger partial charge in [-0.15, -0.1) is 0 Å². The number of anilines is 1. The van der Waals surface area contributed by atoms with Crippen LogP contribution in [0, 0.1) is 5.92 Å². The van der Waals surface area contributed by atoms with Gasteiger partial charge in [0.1, 0.15) is 0 Å². The van der Waals surface area contributed by atoms with Gasteiger partial charge < -0.3 is 29.7 Å². The van der Waals surface area contributed by atoms with Crippen molar-refractivity contribution in [2.24, 2.45) is 5.92 Å². The smallest absolute Gasteiger partial charge is 0.227 e. The molecule has 0 radical (unpaired) electrons. The van der Waals surface area contributed by atoms with Gasteiger partial charge in [0.05, 0.1) is 32.9 Å². The van der Waals surface area contributed by atoms with E-state index < -0.39 is 0 Å². The fraction of sp³-hybridized carbons (Fsp3) is 0.600. The Kier molecular flexibility index (Phi) is 6.28. The van der Waals surface area contributed by atoms with Gasteiger partial charge in [0.2, 0.25) is 17.6 Å². The topological polar surface area (TPSA) is 89.1 Å². The summed E-state index contributed by atoms with van der Waals surface area (Å²) < 4.78 is 16.1. The van der Waals surface area contributed by atoms with Crippen molar-refractivity contribution in [2.45, 2.75) is 38.3 Å². The number of hydrogen-bond donors (Lipinski definition) is 2. The third-order valence-corrected chi connectivity index (χ3v) is 5.55. The average Bonchev–Trinajstić information content (AvgIpc) is 3.10. The van der Waals surface area contributed by atoms with E-state index >= 15 is 0 Å². The van der Waals surface area contributed by atoms with E-state index in [1.807, 2.05) is 0 Å². The van der Waals surface area contributed by atoms with E-state index in [1.54, 1.807) is 17.0 Å². The summed E-state index contributed by atoms with van der Waals surface area (Å²) in [5.74, 6) is 0.876. The fourth-order valence-electron chi connectivity index (χ4n) is 3.90. The van der Waals surface area contributed by atoms with Crippen LogP contribution in [-0.4, -0.2) is 58.3 Å². The number of nitrogens with zero attached hydrogens (tertiary/aromatic N) is 1. The van der Waals surface area contributed by atoms with Crippen LogP contribution in [-0.2, 0) is 9.59 Å². The molecule has 8 nitrogen and oxygen atoms in total. The van der Waals surface area contributed by atoms with E-state index in [9.17, 15) is 9.59 Å². The van der Waals surface area contributed by atoms with Gasteiger partial charge in [-0.1, -0.05) is 0 Å². The summed E-state index contributed by atoms with van der Waals surface area (Å²) in [6.07, 6.45) is 2.19. The van der Waals surface area contributed by atoms with Crippen molar-refractivity contribution in [3.63, 3.8) is 0 Å². The zero-order chi connectivity index (χ0) is 20.3. The molecule has 1 aromatic rings. The van der Waals surface area contributed by atoms with Gasteiger partial charge in [0.15, 0.2) is 11.5 Å². The summed E-state index contributed by atoms with van der Waals surface area (Å²) >= 11 is 0. The first-order chi connectivity index (χ1) is 13.5. The van der Waals surface area contributed by atoms with Crippen LogP contribution in [0.1, 0.15) is 26.2 Å². The number of hydrogen-bond acceptors (Lipinski definition) is 6. The molecule has 2 fully saturated rings. The zero-order valence-electron chi connectivity index (χ0n) is 16.9. The summed E-state index contributed by atoms with van der Waals surface area (Å²) in [6.45, 7) is 3.38. The second-order valence-electron chi connectivity index (χ2n) is 7.29. The summed E-state index contributed by atoms with van der Waals surface area (Å²) in [4.78, 5) is 27.0. The molecule has 0 saturated carbocycles. The molecule has 28 heavy (non-hydrogen) atoms. The van der Waals surface area contributed by atoms with Crippen LogP contribution in [0.4, 0.5) is 5.69 Å². The van der Waals surface area contributed by atoms with Crippen LogP contribution >= 0.6 is 0 Å². The average molecular weight is 391 g/mol. The highest BCUT2D eigenvalue weighted by atomic mass is 16.5. The van der Waals surface area contributed by atoms with Crippen molar-refractivity contribution in [1.82, 2.24) is 10.6 Å². The highest BCUT2D eigenvalue weighted by Gasteiger charge is 2.37. The van der Waals surface area contributed by atoms with Crippen LogP contribution in [0.15, 0.2) is 12.1 Å². The lowest BCUT2D eigenvalue weighted by Gasteiger charge is -2.31. The van der Waals surface area contributed by atoms with Crippen LogP contribution in [0.3, 0.4) is 0 Å². The number of piperidine rings is 1. The summed E-state index contributed by atoms with van der Waals surface area (Å²) in [6, 6.07) is 3.80. The highest BCUT2D eigenvalue weighted by molar-refractivity contribution is 6.00. The molecule has 154 valence electrons. The normalized spacial score (nSPS) is 24.8. The molecule has 1 aromatic carbocycles. The van der Waals surface area contributed by atoms with Crippen molar-refractivity contribution < 1.29 is 23.8 Å². The zero-order valence-corrected chi connectivity index (χ0v) is 16.9. The van der Waals surface area contributed by atoms with Gasteiger partial charge in [0, 0.05) is 37.2 Å². The Morgan fingerprint density at radius 2 is 1.86 bits per heavy atom. The molecule has 8 heteroatoms. The van der Waals surface area contributed by atoms with Crippen molar-refractivity contribution in [2.75, 3.05) is 39.3 Å². The largest absolute Gasteiger partial charge is 0.493 e. The van der Waals surface area contributed by atoms with E-state index in [-0.39, 0.29) is 36.2 Å². The van der Waals surface area contributed by atoms with Crippen molar-refractivity contribution in [1.29, 1.82) is 0 Å². The van der Waals surface area contributed by atoms with Gasteiger partial charge >= 0.3 is 0 Å². The van der Waals surface area contributed by atoms with E-state index in [1.165, 1.54) is 21.3 Å². The lowest BCUT2D eigenvalue weighted by Crippen LogP contribution is -2.53. The van der Waals surface area contributed by atoms with Gasteiger partial charge in [-0.05, 0) is 26.3 Å². The van der Waals surface area contributed by atoms with Gasteiger partial charge in [-0.2, -0.15) is 0 Å². The molecular weight excluding hydrogens is 362 g/mol. The quantitative estimate of drug-likeness (QED) is 0.760. The standard InChI is InChI=1S/C20H29N3O5/c1-12-15(6-5-7-21-12)22-20(25)13-8-18(24)23(11-13)14-9-16(26-2)19(28-4)17(10-14)27-3/h9-10,12-13,15,21H,5-8,11H2,1-4H3,(H,22,25). The Morgan fingerprint density at radius 1 is 1.18 bits per heavy atom. The van der Waals surface area contributed by atoms with Crippen LogP contribution in [0.25, 0.3) is 0 Å². The van der Waals surface area contributed by atoms with Crippen LogP contribution in [0.5, 0.6) is 17.2 Å². The minimum absolute atomic E-state index is 0.0659. The molecule has 3 rings (SSSR count). The maximum atomic E-state index is 12.7. The number of rotatable bonds is 6. The predicted octanol–water partition coefficient (Wildman–Crippen LogP) is 1.32. The maximum absolute atomic E-state index is 12.7. The number of benzene rings is 1. The second-order valence-corrected chi connectivity index (χ2v) is 7.29. The third-order valence-electron chi connectivity index (χ3n) is 5.55. The molecule has 2 saturated heterocycles. The molecule has 2 aliphatic rings. The van der Waals surface area contributed by atoms with Crippen molar-refractivity contribution in [3.05, 3.63) is 12.1 Å². The first kappa shape index (κ1) is 20.3. The number of carbonyl (C=O) groups is 2. The molecule has 0 bridgehead atoms. The summed E-state index contributed by atoms with van der Waals surface area (Å²) in [5.41, 5.74) is 0.627. The Bertz CT molecular complexity index is 714. The molecule has 0 aliphatic carbocycles. The van der Waals surface area contributed by atoms with Crippen molar-refractivity contribution >= 4 is 17.5 Å². The first-order valence-corrected chi connectivity index (χ1v) is 9.62. The third kappa shape index (κ3) is 4.01. The summed E-state index contributed by atoms with van der Waals surface area (Å²) in [7, 11) is 4.59. The Labute approximate surface area is 165 Å². The first-order valence-electron chi connectivity index (χ1n) is 9.62. The Balaban J connectivity index is 1.74. The fourth-order valence-corrected chi connectivity index (χ4v) is 3.90. The molecule has 0 spiro atoms. The molecular formula is C20H29N3O5. The van der Waals surface area contributed by atoms with Gasteiger partial charge in [-0.25, -0.2) is 0 Å². The molecule has 2 amide bonds. The number of carbonyl (C=O) groups excluding carboxylic acids is 2. The van der Waals surface area contributed by atoms with Gasteiger partial charge in [-0.3, -0.25) is 9.59 Å². The molecule has 2 heterocycles.